The highest BCUT2D eigenvalue weighted by Gasteiger charge is 2.34. The Morgan fingerprint density at radius 2 is 2.14 bits per heavy atom. The van der Waals surface area contributed by atoms with Gasteiger partial charge in [0.25, 0.3) is 0 Å². The van der Waals surface area contributed by atoms with Crippen LogP contribution in [0.25, 0.3) is 11.3 Å². The summed E-state index contributed by atoms with van der Waals surface area (Å²) in [5.74, 6) is 0. The number of hydrogen-bond acceptors (Lipinski definition) is 5. The largest absolute Gasteiger partial charge is 0.394 e. The van der Waals surface area contributed by atoms with Gasteiger partial charge in [-0.2, -0.15) is 5.26 Å². The molecule has 1 aliphatic heterocycles. The molecule has 0 amide bonds. The normalized spacial score (nSPS) is 24.9. The van der Waals surface area contributed by atoms with Crippen molar-refractivity contribution in [1.82, 2.24) is 9.55 Å². The molecule has 0 bridgehead atoms. The summed E-state index contributed by atoms with van der Waals surface area (Å²) in [7, 11) is 0. The average Bonchev–Trinajstić information content (AvgIpc) is 3.13. The Hall–Kier alpha value is -2.20. The van der Waals surface area contributed by atoms with Crippen LogP contribution in [0.4, 0.5) is 0 Å². The Balaban J connectivity index is 1.79. The van der Waals surface area contributed by atoms with Crippen molar-refractivity contribution < 1.29 is 14.9 Å². The van der Waals surface area contributed by atoms with Crippen LogP contribution in [0.3, 0.4) is 0 Å². The first-order valence-corrected chi connectivity index (χ1v) is 6.69. The molecule has 3 rings (SSSR count). The molecule has 2 N–H and O–H groups in total. The lowest BCUT2D eigenvalue weighted by atomic mass is 10.1. The molecule has 2 heterocycles. The van der Waals surface area contributed by atoms with E-state index in [1.165, 1.54) is 0 Å². The number of nitrogens with zero attached hydrogens (tertiary/aromatic N) is 3. The second kappa shape index (κ2) is 5.66. The Labute approximate surface area is 121 Å². The minimum absolute atomic E-state index is 0.200. The molecule has 108 valence electrons. The lowest BCUT2D eigenvalue weighted by Crippen LogP contribution is -2.24. The van der Waals surface area contributed by atoms with Crippen LogP contribution in [0.2, 0.25) is 0 Å². The molecule has 0 radical (unpaired) electrons. The topological polar surface area (TPSA) is 91.3 Å². The fourth-order valence-corrected chi connectivity index (χ4v) is 2.42. The van der Waals surface area contributed by atoms with Crippen molar-refractivity contribution in [2.75, 3.05) is 6.61 Å². The van der Waals surface area contributed by atoms with Crippen LogP contribution in [0.5, 0.6) is 0 Å². The van der Waals surface area contributed by atoms with Crippen LogP contribution in [-0.4, -0.2) is 38.6 Å². The lowest BCUT2D eigenvalue weighted by Gasteiger charge is -2.12. The molecule has 0 unspecified atom stereocenters. The predicted molar refractivity (Wildman–Crippen MR) is 74.0 cm³/mol. The maximum atomic E-state index is 9.75. The van der Waals surface area contributed by atoms with Gasteiger partial charge < -0.3 is 19.5 Å². The van der Waals surface area contributed by atoms with Gasteiger partial charge >= 0.3 is 0 Å². The van der Waals surface area contributed by atoms with Gasteiger partial charge in [-0.05, 0) is 12.1 Å². The highest BCUT2D eigenvalue weighted by molar-refractivity contribution is 5.59. The number of nitriles is 1. The van der Waals surface area contributed by atoms with E-state index in [-0.39, 0.29) is 12.8 Å². The number of aromatic nitrogens is 2. The number of imidazole rings is 1. The number of benzene rings is 1. The van der Waals surface area contributed by atoms with Crippen molar-refractivity contribution in [3.8, 4) is 17.3 Å². The second-order valence-electron chi connectivity index (χ2n) is 5.01. The summed E-state index contributed by atoms with van der Waals surface area (Å²) in [5.41, 5.74) is 2.28. The van der Waals surface area contributed by atoms with Crippen molar-refractivity contribution in [3.05, 3.63) is 42.4 Å². The Morgan fingerprint density at radius 1 is 1.38 bits per heavy atom. The van der Waals surface area contributed by atoms with E-state index in [9.17, 15) is 5.11 Å². The van der Waals surface area contributed by atoms with E-state index in [4.69, 9.17) is 15.1 Å². The first-order valence-electron chi connectivity index (χ1n) is 6.69. The number of aliphatic hydroxyl groups is 2. The maximum absolute atomic E-state index is 9.75. The van der Waals surface area contributed by atoms with Gasteiger partial charge in [-0.15, -0.1) is 0 Å². The van der Waals surface area contributed by atoms with Crippen LogP contribution in [0.15, 0.2) is 36.8 Å². The van der Waals surface area contributed by atoms with Crippen molar-refractivity contribution in [2.45, 2.75) is 24.9 Å². The van der Waals surface area contributed by atoms with E-state index in [0.717, 1.165) is 11.3 Å². The van der Waals surface area contributed by atoms with E-state index in [1.54, 1.807) is 23.0 Å². The molecule has 1 aliphatic rings. The molecule has 1 saturated heterocycles. The maximum Gasteiger partial charge on any atom is 0.137 e. The molecule has 2 aromatic rings. The summed E-state index contributed by atoms with van der Waals surface area (Å²) >= 11 is 0. The van der Waals surface area contributed by atoms with Crippen LogP contribution < -0.4 is 0 Å². The van der Waals surface area contributed by atoms with E-state index in [0.29, 0.717) is 12.0 Å². The van der Waals surface area contributed by atoms with Crippen LogP contribution in [0.1, 0.15) is 18.2 Å². The Kier molecular flexibility index (Phi) is 3.71. The summed E-state index contributed by atoms with van der Waals surface area (Å²) in [6.07, 6.45) is 2.37. The molecule has 1 aromatic carbocycles. The molecule has 6 heteroatoms. The number of aliphatic hydroxyl groups excluding tert-OH is 2. The van der Waals surface area contributed by atoms with Crippen LogP contribution in [-0.2, 0) is 4.74 Å². The fourth-order valence-electron chi connectivity index (χ4n) is 2.42. The van der Waals surface area contributed by atoms with Gasteiger partial charge in [0.2, 0.25) is 0 Å². The molecule has 0 aliphatic carbocycles. The second-order valence-corrected chi connectivity index (χ2v) is 5.01. The summed E-state index contributed by atoms with van der Waals surface area (Å²) in [5, 5.41) is 27.6. The van der Waals surface area contributed by atoms with Crippen molar-refractivity contribution in [3.63, 3.8) is 0 Å². The Bertz CT molecular complexity index is 660. The lowest BCUT2D eigenvalue weighted by molar-refractivity contribution is -0.0443. The third-order valence-electron chi connectivity index (χ3n) is 3.63. The van der Waals surface area contributed by atoms with Gasteiger partial charge in [0.15, 0.2) is 0 Å². The summed E-state index contributed by atoms with van der Waals surface area (Å²) in [4.78, 5) is 4.32. The first-order chi connectivity index (χ1) is 10.2. The van der Waals surface area contributed by atoms with Gasteiger partial charge in [0.1, 0.15) is 12.3 Å². The zero-order valence-corrected chi connectivity index (χ0v) is 11.3. The minimum Gasteiger partial charge on any atom is -0.394 e. The molecule has 1 fully saturated rings. The summed E-state index contributed by atoms with van der Waals surface area (Å²) < 4.78 is 7.36. The third-order valence-corrected chi connectivity index (χ3v) is 3.63. The highest BCUT2D eigenvalue weighted by atomic mass is 16.5. The minimum atomic E-state index is -0.666. The molecule has 0 spiro atoms. The third kappa shape index (κ3) is 2.67. The van der Waals surface area contributed by atoms with Crippen LogP contribution in [0, 0.1) is 11.3 Å². The first kappa shape index (κ1) is 13.8. The van der Waals surface area contributed by atoms with Gasteiger partial charge in [0.05, 0.1) is 36.4 Å². The van der Waals surface area contributed by atoms with Crippen molar-refractivity contribution in [2.24, 2.45) is 0 Å². The van der Waals surface area contributed by atoms with Crippen molar-refractivity contribution in [1.29, 1.82) is 5.26 Å². The van der Waals surface area contributed by atoms with E-state index >= 15 is 0 Å². The smallest absolute Gasteiger partial charge is 0.137 e. The van der Waals surface area contributed by atoms with Crippen LogP contribution >= 0.6 is 0 Å². The van der Waals surface area contributed by atoms with Gasteiger partial charge in [-0.25, -0.2) is 4.98 Å². The van der Waals surface area contributed by atoms with Gasteiger partial charge in [-0.1, -0.05) is 12.1 Å². The summed E-state index contributed by atoms with van der Waals surface area (Å²) in [6.45, 7) is -0.200. The fraction of sp³-hybridized carbons (Fsp3) is 0.333. The quantitative estimate of drug-likeness (QED) is 0.880. The average molecular weight is 285 g/mol. The SMILES string of the molecule is N#Cc1ccc(-c2cn([C@H]3C[C@H](O)[C@@H](CO)O3)cn2)cc1. The standard InChI is InChI=1S/C15H15N3O3/c16-6-10-1-3-11(4-2-10)12-7-18(9-17-12)15-5-13(20)14(8-19)21-15/h1-4,7,9,13-15,19-20H,5,8H2/t13-,14+,15+/m0/s1. The molecule has 6 nitrogen and oxygen atoms in total. The molecule has 0 saturated carbocycles. The molecular weight excluding hydrogens is 270 g/mol. The van der Waals surface area contributed by atoms with E-state index < -0.39 is 12.2 Å². The van der Waals surface area contributed by atoms with E-state index in [1.807, 2.05) is 18.3 Å². The number of rotatable bonds is 3. The highest BCUT2D eigenvalue weighted by Crippen LogP contribution is 2.29. The summed E-state index contributed by atoms with van der Waals surface area (Å²) in [6, 6.07) is 9.24. The molecule has 3 atom stereocenters. The predicted octanol–water partition coefficient (Wildman–Crippen LogP) is 1.06. The van der Waals surface area contributed by atoms with Gasteiger partial charge in [0, 0.05) is 18.2 Å². The molecule has 1 aromatic heterocycles. The van der Waals surface area contributed by atoms with Crippen molar-refractivity contribution >= 4 is 0 Å². The Morgan fingerprint density at radius 3 is 2.76 bits per heavy atom. The zero-order valence-electron chi connectivity index (χ0n) is 11.3. The molecular formula is C15H15N3O3. The molecule has 21 heavy (non-hydrogen) atoms. The number of ether oxygens (including phenoxy) is 1. The van der Waals surface area contributed by atoms with Gasteiger partial charge in [-0.3, -0.25) is 0 Å². The monoisotopic (exact) mass is 285 g/mol. The van der Waals surface area contributed by atoms with E-state index in [2.05, 4.69) is 11.1 Å². The number of hydrogen-bond donors (Lipinski definition) is 2. The zero-order chi connectivity index (χ0) is 14.8.